The van der Waals surface area contributed by atoms with Gasteiger partial charge >= 0.3 is 0 Å². The maximum atomic E-state index is 12.7. The highest BCUT2D eigenvalue weighted by molar-refractivity contribution is 7.80. The second-order valence-corrected chi connectivity index (χ2v) is 6.43. The van der Waals surface area contributed by atoms with Crippen LogP contribution in [-0.4, -0.2) is 46.4 Å². The first-order valence-corrected chi connectivity index (χ1v) is 9.02. The third-order valence-corrected chi connectivity index (χ3v) is 4.83. The second kappa shape index (κ2) is 8.22. The molecule has 1 aromatic heterocycles. The van der Waals surface area contributed by atoms with Crippen molar-refractivity contribution in [3.05, 3.63) is 48.4 Å². The Bertz CT molecular complexity index is 820. The first-order chi connectivity index (χ1) is 13.0. The van der Waals surface area contributed by atoms with Crippen LogP contribution in [0.5, 0.6) is 5.75 Å². The van der Waals surface area contributed by atoms with Crippen molar-refractivity contribution in [3.63, 3.8) is 0 Å². The average Bonchev–Trinajstić information content (AvgIpc) is 3.25. The number of nitrogens with one attached hydrogen (secondary N) is 1. The normalized spacial score (nSPS) is 16.7. The third kappa shape index (κ3) is 4.11. The van der Waals surface area contributed by atoms with Crippen LogP contribution in [0.15, 0.2) is 47.1 Å². The lowest BCUT2D eigenvalue weighted by Gasteiger charge is -2.22. The lowest BCUT2D eigenvalue weighted by molar-refractivity contribution is -0.130. The molecule has 27 heavy (non-hydrogen) atoms. The summed E-state index contributed by atoms with van der Waals surface area (Å²) in [6.07, 6.45) is 1.57. The van der Waals surface area contributed by atoms with Gasteiger partial charge in [0.1, 0.15) is 17.6 Å². The molecule has 2 amide bonds. The summed E-state index contributed by atoms with van der Waals surface area (Å²) in [5, 5.41) is 3.23. The van der Waals surface area contributed by atoms with E-state index in [4.69, 9.17) is 21.4 Å². The molecule has 2 aromatic rings. The summed E-state index contributed by atoms with van der Waals surface area (Å²) < 4.78 is 10.5. The average molecular weight is 387 g/mol. The number of carbonyl (C=O) groups excluding carboxylic acids is 2. The van der Waals surface area contributed by atoms with Crippen LogP contribution in [0.1, 0.15) is 19.1 Å². The first kappa shape index (κ1) is 18.9. The van der Waals surface area contributed by atoms with E-state index in [2.05, 4.69) is 5.32 Å². The van der Waals surface area contributed by atoms with Crippen molar-refractivity contribution in [3.8, 4) is 5.75 Å². The Labute approximate surface area is 162 Å². The standard InChI is InChI=1S/C19H21N3O4S/c1-3-21-18(24)16(22(19(21)27)12-15-5-4-10-26-15)11-17(23)20-13-6-8-14(25-2)9-7-13/h4-10,16H,3,11-12H2,1-2H3,(H,20,23). The first-order valence-electron chi connectivity index (χ1n) is 8.61. The van der Waals surface area contributed by atoms with Gasteiger partial charge in [0.05, 0.1) is 26.3 Å². The Morgan fingerprint density at radius 3 is 2.63 bits per heavy atom. The molecule has 1 N–H and O–H groups in total. The lowest BCUT2D eigenvalue weighted by Crippen LogP contribution is -2.37. The monoisotopic (exact) mass is 387 g/mol. The summed E-state index contributed by atoms with van der Waals surface area (Å²) in [4.78, 5) is 28.5. The Balaban J connectivity index is 1.71. The number of amides is 2. The zero-order chi connectivity index (χ0) is 19.4. The van der Waals surface area contributed by atoms with Gasteiger partial charge in [-0.1, -0.05) is 0 Å². The van der Waals surface area contributed by atoms with E-state index in [-0.39, 0.29) is 18.2 Å². The Kier molecular flexibility index (Phi) is 5.75. The number of carbonyl (C=O) groups is 2. The number of likely N-dealkylation sites (N-methyl/N-ethyl adjacent to an activating group) is 1. The van der Waals surface area contributed by atoms with E-state index in [1.165, 1.54) is 4.90 Å². The number of furan rings is 1. The summed E-state index contributed by atoms with van der Waals surface area (Å²) in [6, 6.07) is 9.95. The molecule has 0 radical (unpaired) electrons. The fourth-order valence-electron chi connectivity index (χ4n) is 2.99. The predicted molar refractivity (Wildman–Crippen MR) is 104 cm³/mol. The van der Waals surface area contributed by atoms with Crippen molar-refractivity contribution in [1.82, 2.24) is 9.80 Å². The van der Waals surface area contributed by atoms with E-state index in [0.717, 1.165) is 0 Å². The molecule has 1 atom stereocenters. The largest absolute Gasteiger partial charge is 0.497 e. The molecule has 7 nitrogen and oxygen atoms in total. The molecule has 1 aromatic carbocycles. The van der Waals surface area contributed by atoms with E-state index < -0.39 is 6.04 Å². The van der Waals surface area contributed by atoms with Gasteiger partial charge < -0.3 is 19.4 Å². The van der Waals surface area contributed by atoms with Crippen molar-refractivity contribution in [1.29, 1.82) is 0 Å². The maximum absolute atomic E-state index is 12.7. The molecule has 0 bridgehead atoms. The van der Waals surface area contributed by atoms with Gasteiger partial charge in [-0.2, -0.15) is 0 Å². The minimum absolute atomic E-state index is 0.00219. The lowest BCUT2D eigenvalue weighted by atomic mass is 10.1. The molecule has 3 rings (SSSR count). The van der Waals surface area contributed by atoms with Crippen LogP contribution in [0.2, 0.25) is 0 Å². The molecule has 1 unspecified atom stereocenters. The summed E-state index contributed by atoms with van der Waals surface area (Å²) >= 11 is 5.44. The van der Waals surface area contributed by atoms with Crippen molar-refractivity contribution in [2.24, 2.45) is 0 Å². The zero-order valence-corrected chi connectivity index (χ0v) is 16.0. The van der Waals surface area contributed by atoms with E-state index >= 15 is 0 Å². The zero-order valence-electron chi connectivity index (χ0n) is 15.2. The highest BCUT2D eigenvalue weighted by atomic mass is 32.1. The van der Waals surface area contributed by atoms with Gasteiger partial charge in [0, 0.05) is 12.2 Å². The molecule has 2 heterocycles. The van der Waals surface area contributed by atoms with Crippen LogP contribution >= 0.6 is 12.2 Å². The minimum atomic E-state index is -0.652. The van der Waals surface area contributed by atoms with E-state index in [1.807, 2.05) is 13.0 Å². The maximum Gasteiger partial charge on any atom is 0.252 e. The van der Waals surface area contributed by atoms with Crippen LogP contribution < -0.4 is 10.1 Å². The van der Waals surface area contributed by atoms with E-state index in [9.17, 15) is 9.59 Å². The summed E-state index contributed by atoms with van der Waals surface area (Å²) in [6.45, 7) is 2.66. The minimum Gasteiger partial charge on any atom is -0.497 e. The third-order valence-electron chi connectivity index (χ3n) is 4.38. The highest BCUT2D eigenvalue weighted by Crippen LogP contribution is 2.24. The Morgan fingerprint density at radius 1 is 1.30 bits per heavy atom. The number of methoxy groups -OCH3 is 1. The van der Waals surface area contributed by atoms with Gasteiger partial charge in [0.2, 0.25) is 5.91 Å². The van der Waals surface area contributed by atoms with Gasteiger partial charge in [-0.25, -0.2) is 0 Å². The molecule has 0 aliphatic carbocycles. The van der Waals surface area contributed by atoms with Gasteiger partial charge in [0.15, 0.2) is 5.11 Å². The number of rotatable bonds is 7. The van der Waals surface area contributed by atoms with Crippen LogP contribution in [-0.2, 0) is 16.1 Å². The van der Waals surface area contributed by atoms with Gasteiger partial charge in [-0.15, -0.1) is 0 Å². The number of thiocarbonyl (C=S) groups is 1. The molecular formula is C19H21N3O4S. The number of ether oxygens (including phenoxy) is 1. The van der Waals surface area contributed by atoms with Crippen LogP contribution in [0, 0.1) is 0 Å². The molecular weight excluding hydrogens is 366 g/mol. The van der Waals surface area contributed by atoms with Crippen LogP contribution in [0.25, 0.3) is 0 Å². The van der Waals surface area contributed by atoms with Crippen molar-refractivity contribution < 1.29 is 18.7 Å². The Hall–Kier alpha value is -2.87. The van der Waals surface area contributed by atoms with Gasteiger partial charge in [-0.05, 0) is 55.5 Å². The second-order valence-electron chi connectivity index (χ2n) is 6.07. The van der Waals surface area contributed by atoms with Crippen LogP contribution in [0.3, 0.4) is 0 Å². The number of nitrogens with zero attached hydrogens (tertiary/aromatic N) is 2. The quantitative estimate of drug-likeness (QED) is 0.736. The van der Waals surface area contributed by atoms with Crippen molar-refractivity contribution >= 4 is 34.8 Å². The molecule has 1 aliphatic rings. The number of benzene rings is 1. The van der Waals surface area contributed by atoms with E-state index in [1.54, 1.807) is 48.6 Å². The summed E-state index contributed by atoms with van der Waals surface area (Å²) in [7, 11) is 1.58. The highest BCUT2D eigenvalue weighted by Gasteiger charge is 2.42. The number of anilines is 1. The summed E-state index contributed by atoms with van der Waals surface area (Å²) in [5.41, 5.74) is 0.638. The fourth-order valence-corrected chi connectivity index (χ4v) is 3.41. The number of hydrogen-bond donors (Lipinski definition) is 1. The van der Waals surface area contributed by atoms with Gasteiger partial charge in [0.25, 0.3) is 5.91 Å². The molecule has 1 saturated heterocycles. The van der Waals surface area contributed by atoms with Crippen LogP contribution in [0.4, 0.5) is 5.69 Å². The van der Waals surface area contributed by atoms with Crippen molar-refractivity contribution in [2.45, 2.75) is 25.9 Å². The predicted octanol–water partition coefficient (Wildman–Crippen LogP) is 2.63. The topological polar surface area (TPSA) is 75.0 Å². The molecule has 0 spiro atoms. The molecule has 0 saturated carbocycles. The number of hydrogen-bond acceptors (Lipinski definition) is 5. The molecule has 1 aliphatic heterocycles. The molecule has 142 valence electrons. The van der Waals surface area contributed by atoms with E-state index in [0.29, 0.717) is 35.4 Å². The smallest absolute Gasteiger partial charge is 0.252 e. The molecule has 8 heteroatoms. The summed E-state index contributed by atoms with van der Waals surface area (Å²) in [5.74, 6) is 0.957. The molecule has 1 fully saturated rings. The fraction of sp³-hybridized carbons (Fsp3) is 0.316. The van der Waals surface area contributed by atoms with Gasteiger partial charge in [-0.3, -0.25) is 14.5 Å². The van der Waals surface area contributed by atoms with Crippen molar-refractivity contribution in [2.75, 3.05) is 19.0 Å². The Morgan fingerprint density at radius 2 is 2.04 bits per heavy atom. The SMILES string of the molecule is CCN1C(=O)C(CC(=O)Nc2ccc(OC)cc2)N(Cc2ccco2)C1=S.